The zero-order valence-corrected chi connectivity index (χ0v) is 10.4. The Balaban J connectivity index is 1.64. The third-order valence-corrected chi connectivity index (χ3v) is 3.84. The van der Waals surface area contributed by atoms with Gasteiger partial charge in [-0.2, -0.15) is 5.10 Å². The number of aromatic nitrogens is 2. The topological polar surface area (TPSA) is 60.9 Å². The van der Waals surface area contributed by atoms with E-state index in [9.17, 15) is 5.11 Å². The van der Waals surface area contributed by atoms with Crippen LogP contribution in [0, 0.1) is 0 Å². The number of aliphatic hydroxyl groups is 1. The zero-order valence-electron chi connectivity index (χ0n) is 10.4. The number of benzene rings is 1. The Hall–Kier alpha value is -1.39. The Morgan fingerprint density at radius 2 is 2.11 bits per heavy atom. The highest BCUT2D eigenvalue weighted by Crippen LogP contribution is 2.20. The third kappa shape index (κ3) is 2.40. The highest BCUT2D eigenvalue weighted by atomic mass is 16.3. The smallest absolute Gasteiger partial charge is 0.0695 e. The van der Waals surface area contributed by atoms with E-state index in [-0.39, 0.29) is 6.10 Å². The molecule has 1 saturated carbocycles. The number of aromatic amines is 1. The van der Waals surface area contributed by atoms with Crippen LogP contribution in [0.3, 0.4) is 0 Å². The summed E-state index contributed by atoms with van der Waals surface area (Å²) in [5.74, 6) is 0. The van der Waals surface area contributed by atoms with Crippen molar-refractivity contribution in [1.82, 2.24) is 15.5 Å². The summed E-state index contributed by atoms with van der Waals surface area (Å²) >= 11 is 0. The first-order chi connectivity index (χ1) is 8.83. The summed E-state index contributed by atoms with van der Waals surface area (Å²) in [7, 11) is 0. The van der Waals surface area contributed by atoms with Gasteiger partial charge in [-0.3, -0.25) is 5.10 Å². The van der Waals surface area contributed by atoms with Crippen molar-refractivity contribution in [1.29, 1.82) is 0 Å². The molecule has 3 N–H and O–H groups in total. The van der Waals surface area contributed by atoms with Gasteiger partial charge in [-0.05, 0) is 31.2 Å². The van der Waals surface area contributed by atoms with Gasteiger partial charge in [-0.25, -0.2) is 0 Å². The van der Waals surface area contributed by atoms with Crippen LogP contribution in [0.15, 0.2) is 24.4 Å². The summed E-state index contributed by atoms with van der Waals surface area (Å²) in [5.41, 5.74) is 2.39. The third-order valence-electron chi connectivity index (χ3n) is 3.84. The highest BCUT2D eigenvalue weighted by molar-refractivity contribution is 5.81. The van der Waals surface area contributed by atoms with Gasteiger partial charge in [0.25, 0.3) is 0 Å². The van der Waals surface area contributed by atoms with Crippen molar-refractivity contribution >= 4 is 10.9 Å². The standard InChI is InChI=1S/C14H19N3O/c18-13-6-4-12(5-7-13)15-8-10-2-1-3-11-9-16-17-14(10)11/h1-3,9,12-13,15,18H,4-8H2,(H,16,17). The van der Waals surface area contributed by atoms with Gasteiger partial charge >= 0.3 is 0 Å². The van der Waals surface area contributed by atoms with Gasteiger partial charge in [-0.1, -0.05) is 18.2 Å². The monoisotopic (exact) mass is 245 g/mol. The predicted octanol–water partition coefficient (Wildman–Crippen LogP) is 1.96. The summed E-state index contributed by atoms with van der Waals surface area (Å²) in [6, 6.07) is 6.80. The summed E-state index contributed by atoms with van der Waals surface area (Å²) < 4.78 is 0. The molecule has 0 amide bonds. The minimum atomic E-state index is -0.0842. The number of H-pyrrole nitrogens is 1. The van der Waals surface area contributed by atoms with Crippen molar-refractivity contribution in [3.8, 4) is 0 Å². The molecule has 96 valence electrons. The molecule has 0 saturated heterocycles. The van der Waals surface area contributed by atoms with Crippen LogP contribution in [0.2, 0.25) is 0 Å². The summed E-state index contributed by atoms with van der Waals surface area (Å²) in [6.45, 7) is 0.861. The van der Waals surface area contributed by atoms with Crippen LogP contribution in [0.4, 0.5) is 0 Å². The Bertz CT molecular complexity index is 514. The second-order valence-corrected chi connectivity index (χ2v) is 5.14. The molecule has 0 unspecified atom stereocenters. The fraction of sp³-hybridized carbons (Fsp3) is 0.500. The van der Waals surface area contributed by atoms with Crippen LogP contribution in [-0.4, -0.2) is 27.4 Å². The molecule has 1 fully saturated rings. The second kappa shape index (κ2) is 5.08. The van der Waals surface area contributed by atoms with E-state index in [2.05, 4.69) is 33.7 Å². The number of hydrogen-bond acceptors (Lipinski definition) is 3. The van der Waals surface area contributed by atoms with Crippen molar-refractivity contribution in [2.45, 2.75) is 44.4 Å². The Morgan fingerprint density at radius 1 is 1.28 bits per heavy atom. The Kier molecular flexibility index (Phi) is 3.30. The highest BCUT2D eigenvalue weighted by Gasteiger charge is 2.18. The Labute approximate surface area is 106 Å². The predicted molar refractivity (Wildman–Crippen MR) is 71.2 cm³/mol. The van der Waals surface area contributed by atoms with E-state index in [0.29, 0.717) is 6.04 Å². The first-order valence-corrected chi connectivity index (χ1v) is 6.65. The Morgan fingerprint density at radius 3 is 2.94 bits per heavy atom. The van der Waals surface area contributed by atoms with Crippen molar-refractivity contribution in [2.24, 2.45) is 0 Å². The number of nitrogens with one attached hydrogen (secondary N) is 2. The summed E-state index contributed by atoms with van der Waals surface area (Å²) in [6.07, 6.45) is 5.76. The van der Waals surface area contributed by atoms with E-state index in [1.807, 2.05) is 6.20 Å². The molecule has 0 atom stereocenters. The van der Waals surface area contributed by atoms with E-state index in [1.54, 1.807) is 0 Å². The van der Waals surface area contributed by atoms with Gasteiger partial charge in [0.1, 0.15) is 0 Å². The van der Waals surface area contributed by atoms with Gasteiger partial charge < -0.3 is 10.4 Å². The molecule has 1 aromatic heterocycles. The lowest BCUT2D eigenvalue weighted by Gasteiger charge is -2.26. The number of rotatable bonds is 3. The van der Waals surface area contributed by atoms with Gasteiger partial charge in [0, 0.05) is 18.0 Å². The molecule has 18 heavy (non-hydrogen) atoms. The largest absolute Gasteiger partial charge is 0.393 e. The molecule has 4 heteroatoms. The number of aliphatic hydroxyl groups excluding tert-OH is 1. The van der Waals surface area contributed by atoms with Crippen molar-refractivity contribution in [2.75, 3.05) is 0 Å². The normalized spacial score (nSPS) is 24.5. The maximum Gasteiger partial charge on any atom is 0.0695 e. The maximum absolute atomic E-state index is 9.48. The van der Waals surface area contributed by atoms with Crippen LogP contribution < -0.4 is 5.32 Å². The average Bonchev–Trinajstić information content (AvgIpc) is 2.87. The van der Waals surface area contributed by atoms with Gasteiger partial charge in [-0.15, -0.1) is 0 Å². The summed E-state index contributed by atoms with van der Waals surface area (Å²) in [4.78, 5) is 0. The number of hydrogen-bond donors (Lipinski definition) is 3. The van der Waals surface area contributed by atoms with E-state index in [0.717, 1.165) is 43.1 Å². The lowest BCUT2D eigenvalue weighted by molar-refractivity contribution is 0.116. The minimum Gasteiger partial charge on any atom is -0.393 e. The molecule has 0 radical (unpaired) electrons. The quantitative estimate of drug-likeness (QED) is 0.774. The molecule has 1 aliphatic rings. The molecule has 1 heterocycles. The lowest BCUT2D eigenvalue weighted by Crippen LogP contribution is -2.34. The second-order valence-electron chi connectivity index (χ2n) is 5.14. The number of para-hydroxylation sites is 1. The molecule has 3 rings (SSSR count). The van der Waals surface area contributed by atoms with E-state index >= 15 is 0 Å². The molecular formula is C14H19N3O. The van der Waals surface area contributed by atoms with Gasteiger partial charge in [0.2, 0.25) is 0 Å². The fourth-order valence-corrected chi connectivity index (χ4v) is 2.71. The number of nitrogens with zero attached hydrogens (tertiary/aromatic N) is 1. The average molecular weight is 245 g/mol. The first-order valence-electron chi connectivity index (χ1n) is 6.65. The lowest BCUT2D eigenvalue weighted by atomic mass is 9.93. The molecule has 0 spiro atoms. The molecular weight excluding hydrogens is 226 g/mol. The van der Waals surface area contributed by atoms with Crippen LogP contribution in [-0.2, 0) is 6.54 Å². The first kappa shape index (κ1) is 11.7. The van der Waals surface area contributed by atoms with E-state index in [1.165, 1.54) is 5.56 Å². The van der Waals surface area contributed by atoms with Crippen molar-refractivity contribution in [3.63, 3.8) is 0 Å². The van der Waals surface area contributed by atoms with Crippen LogP contribution in [0.25, 0.3) is 10.9 Å². The fourth-order valence-electron chi connectivity index (χ4n) is 2.71. The zero-order chi connectivity index (χ0) is 12.4. The molecule has 4 nitrogen and oxygen atoms in total. The van der Waals surface area contributed by atoms with Crippen molar-refractivity contribution < 1.29 is 5.11 Å². The van der Waals surface area contributed by atoms with Gasteiger partial charge in [0.15, 0.2) is 0 Å². The number of fused-ring (bicyclic) bond motifs is 1. The maximum atomic E-state index is 9.48. The SMILES string of the molecule is OC1CCC(NCc2cccc3cn[nH]c23)CC1. The molecule has 0 bridgehead atoms. The molecule has 0 aliphatic heterocycles. The van der Waals surface area contributed by atoms with Crippen LogP contribution in [0.1, 0.15) is 31.2 Å². The van der Waals surface area contributed by atoms with E-state index < -0.39 is 0 Å². The molecule has 2 aromatic rings. The molecule has 1 aromatic carbocycles. The summed E-state index contributed by atoms with van der Waals surface area (Å²) in [5, 5.41) is 21.4. The van der Waals surface area contributed by atoms with E-state index in [4.69, 9.17) is 0 Å². The van der Waals surface area contributed by atoms with Crippen molar-refractivity contribution in [3.05, 3.63) is 30.0 Å². The van der Waals surface area contributed by atoms with Crippen LogP contribution >= 0.6 is 0 Å². The van der Waals surface area contributed by atoms with Gasteiger partial charge in [0.05, 0.1) is 17.8 Å². The molecule has 1 aliphatic carbocycles. The minimum absolute atomic E-state index is 0.0842. The van der Waals surface area contributed by atoms with Crippen LogP contribution in [0.5, 0.6) is 0 Å².